The second-order valence-corrected chi connectivity index (χ2v) is 6.80. The topological polar surface area (TPSA) is 109 Å². The minimum absolute atomic E-state index is 0.0521. The number of rotatable bonds is 6. The molecule has 1 aliphatic heterocycles. The van der Waals surface area contributed by atoms with Gasteiger partial charge in [0.15, 0.2) is 11.2 Å². The van der Waals surface area contributed by atoms with E-state index in [-0.39, 0.29) is 13.2 Å². The Kier molecular flexibility index (Phi) is 5.56. The molecule has 144 valence electrons. The van der Waals surface area contributed by atoms with Crippen molar-refractivity contribution >= 4 is 11.2 Å². The molecule has 26 heavy (non-hydrogen) atoms. The van der Waals surface area contributed by atoms with Gasteiger partial charge in [0.25, 0.3) is 5.56 Å². The van der Waals surface area contributed by atoms with Crippen LogP contribution in [0.4, 0.5) is 0 Å². The van der Waals surface area contributed by atoms with Gasteiger partial charge in [-0.25, -0.2) is 9.78 Å². The number of aliphatic hydroxyl groups is 2. The summed E-state index contributed by atoms with van der Waals surface area (Å²) in [6.07, 6.45) is 0.675. The van der Waals surface area contributed by atoms with Gasteiger partial charge < -0.3 is 14.8 Å². The van der Waals surface area contributed by atoms with E-state index >= 15 is 0 Å². The van der Waals surface area contributed by atoms with E-state index in [0.717, 1.165) is 30.7 Å². The summed E-state index contributed by atoms with van der Waals surface area (Å²) in [4.78, 5) is 33.5. The van der Waals surface area contributed by atoms with Crippen molar-refractivity contribution in [3.05, 3.63) is 27.2 Å². The molecule has 0 spiro atoms. The first-order valence-electron chi connectivity index (χ1n) is 8.77. The maximum Gasteiger partial charge on any atom is 0.332 e. The molecule has 0 aliphatic carbocycles. The van der Waals surface area contributed by atoms with Crippen LogP contribution >= 0.6 is 0 Å². The molecule has 0 saturated carbocycles. The van der Waals surface area contributed by atoms with Gasteiger partial charge in [-0.3, -0.25) is 23.7 Å². The zero-order valence-corrected chi connectivity index (χ0v) is 15.2. The van der Waals surface area contributed by atoms with Crippen molar-refractivity contribution in [2.24, 2.45) is 14.1 Å². The van der Waals surface area contributed by atoms with Crippen LogP contribution in [0.25, 0.3) is 11.2 Å². The first-order chi connectivity index (χ1) is 12.4. The predicted molar refractivity (Wildman–Crippen MR) is 96.2 cm³/mol. The maximum absolute atomic E-state index is 12.7. The molecule has 1 fully saturated rings. The molecule has 1 saturated heterocycles. The summed E-state index contributed by atoms with van der Waals surface area (Å²) >= 11 is 0. The van der Waals surface area contributed by atoms with E-state index in [1.807, 2.05) is 0 Å². The van der Waals surface area contributed by atoms with Crippen LogP contribution in [0.3, 0.4) is 0 Å². The van der Waals surface area contributed by atoms with Gasteiger partial charge in [-0.15, -0.1) is 0 Å². The van der Waals surface area contributed by atoms with Gasteiger partial charge in [-0.2, -0.15) is 0 Å². The van der Waals surface area contributed by atoms with Crippen LogP contribution in [-0.2, 0) is 20.6 Å². The average Bonchev–Trinajstić information content (AvgIpc) is 3.01. The summed E-state index contributed by atoms with van der Waals surface area (Å²) in [6, 6.07) is 0. The smallest absolute Gasteiger partial charge is 0.332 e. The summed E-state index contributed by atoms with van der Waals surface area (Å²) in [6.45, 7) is 4.37. The lowest BCUT2D eigenvalue weighted by Gasteiger charge is -2.35. The lowest BCUT2D eigenvalue weighted by atomic mass is 10.2. The third kappa shape index (κ3) is 3.58. The first kappa shape index (κ1) is 18.8. The number of nitrogens with zero attached hydrogens (tertiary/aromatic N) is 6. The summed E-state index contributed by atoms with van der Waals surface area (Å²) in [5.41, 5.74) is -0.229. The first-order valence-corrected chi connectivity index (χ1v) is 8.77. The van der Waals surface area contributed by atoms with Crippen molar-refractivity contribution in [1.29, 1.82) is 0 Å². The highest BCUT2D eigenvalue weighted by atomic mass is 16.3. The molecule has 2 aromatic rings. The summed E-state index contributed by atoms with van der Waals surface area (Å²) in [7, 11) is 3.27. The Hall–Kier alpha value is -2.01. The molecule has 10 nitrogen and oxygen atoms in total. The van der Waals surface area contributed by atoms with E-state index in [2.05, 4.69) is 14.8 Å². The molecular weight excluding hydrogens is 340 g/mol. The monoisotopic (exact) mass is 366 g/mol. The van der Waals surface area contributed by atoms with E-state index in [1.165, 1.54) is 10.9 Å². The number of aromatic nitrogens is 4. The molecule has 2 N–H and O–H groups in total. The van der Waals surface area contributed by atoms with Gasteiger partial charge in [0, 0.05) is 53.4 Å². The molecule has 1 atom stereocenters. The van der Waals surface area contributed by atoms with Crippen molar-refractivity contribution < 1.29 is 10.2 Å². The van der Waals surface area contributed by atoms with Crippen LogP contribution in [0, 0.1) is 0 Å². The van der Waals surface area contributed by atoms with Crippen molar-refractivity contribution in [3.8, 4) is 0 Å². The van der Waals surface area contributed by atoms with Gasteiger partial charge in [-0.05, 0) is 0 Å². The standard InChI is InChI=1S/C16H26N6O4/c1-18-11-17-14-13(18)15(25)22(16(26)19(14)2)10-12(24)9-21-5-3-20(4-6-21)7-8-23/h11-12,23-24H,3-10H2,1-2H3/t12-/m1/s1. The van der Waals surface area contributed by atoms with Crippen LogP contribution < -0.4 is 11.2 Å². The van der Waals surface area contributed by atoms with Crippen LogP contribution in [0.5, 0.6) is 0 Å². The fourth-order valence-electron chi connectivity index (χ4n) is 3.46. The number of aryl methyl sites for hydroxylation is 2. The number of imidazole rings is 1. The Morgan fingerprint density at radius 1 is 1.12 bits per heavy atom. The minimum atomic E-state index is -0.824. The molecule has 0 aromatic carbocycles. The van der Waals surface area contributed by atoms with Crippen molar-refractivity contribution in [2.75, 3.05) is 45.9 Å². The lowest BCUT2D eigenvalue weighted by molar-refractivity contribution is 0.0580. The minimum Gasteiger partial charge on any atom is -0.395 e. The van der Waals surface area contributed by atoms with Crippen LogP contribution in [0.2, 0.25) is 0 Å². The van der Waals surface area contributed by atoms with Gasteiger partial charge in [0.1, 0.15) is 0 Å². The van der Waals surface area contributed by atoms with Gasteiger partial charge in [0.2, 0.25) is 0 Å². The van der Waals surface area contributed by atoms with E-state index in [9.17, 15) is 14.7 Å². The maximum atomic E-state index is 12.7. The van der Waals surface area contributed by atoms with Crippen molar-refractivity contribution in [1.82, 2.24) is 28.5 Å². The van der Waals surface area contributed by atoms with Crippen LogP contribution in [0.15, 0.2) is 15.9 Å². The van der Waals surface area contributed by atoms with Gasteiger partial charge in [0.05, 0.1) is 25.6 Å². The highest BCUT2D eigenvalue weighted by molar-refractivity contribution is 5.69. The van der Waals surface area contributed by atoms with Gasteiger partial charge in [-0.1, -0.05) is 0 Å². The van der Waals surface area contributed by atoms with E-state index in [1.54, 1.807) is 18.7 Å². The SMILES string of the molecule is Cn1cnc2c1c(=O)n(C[C@H](O)CN1CCN(CCO)CC1)c(=O)n2C. The lowest BCUT2D eigenvalue weighted by Crippen LogP contribution is -2.50. The molecule has 0 unspecified atom stereocenters. The Bertz CT molecular complexity index is 877. The quantitative estimate of drug-likeness (QED) is 0.577. The highest BCUT2D eigenvalue weighted by Crippen LogP contribution is 2.05. The van der Waals surface area contributed by atoms with E-state index in [0.29, 0.717) is 24.3 Å². The molecule has 0 radical (unpaired) electrons. The number of fused-ring (bicyclic) bond motifs is 1. The molecular formula is C16H26N6O4. The summed E-state index contributed by atoms with van der Waals surface area (Å²) in [5, 5.41) is 19.4. The Balaban J connectivity index is 1.72. The van der Waals surface area contributed by atoms with Gasteiger partial charge >= 0.3 is 5.69 Å². The average molecular weight is 366 g/mol. The fourth-order valence-corrected chi connectivity index (χ4v) is 3.46. The number of piperazine rings is 1. The Morgan fingerprint density at radius 3 is 2.42 bits per heavy atom. The van der Waals surface area contributed by atoms with Crippen molar-refractivity contribution in [2.45, 2.75) is 12.6 Å². The summed E-state index contributed by atoms with van der Waals surface area (Å²) < 4.78 is 3.99. The van der Waals surface area contributed by atoms with Crippen LogP contribution in [-0.4, -0.2) is 90.7 Å². The number of aliphatic hydroxyl groups excluding tert-OH is 2. The number of β-amino-alcohol motifs (C(OH)–C–C–N with tert-alkyl or cyclic N) is 2. The van der Waals surface area contributed by atoms with E-state index < -0.39 is 17.4 Å². The number of hydrogen-bond donors (Lipinski definition) is 2. The molecule has 3 rings (SSSR count). The molecule has 3 heterocycles. The Labute approximate surface area is 150 Å². The molecule has 0 amide bonds. The predicted octanol–water partition coefficient (Wildman–Crippen LogP) is -2.60. The molecule has 10 heteroatoms. The molecule has 1 aliphatic rings. The third-order valence-electron chi connectivity index (χ3n) is 4.94. The molecule has 0 bridgehead atoms. The van der Waals surface area contributed by atoms with Crippen molar-refractivity contribution in [3.63, 3.8) is 0 Å². The highest BCUT2D eigenvalue weighted by Gasteiger charge is 2.21. The zero-order valence-electron chi connectivity index (χ0n) is 15.2. The second kappa shape index (κ2) is 7.70. The Morgan fingerprint density at radius 2 is 1.77 bits per heavy atom. The normalized spacial score (nSPS) is 17.8. The van der Waals surface area contributed by atoms with Crippen LogP contribution in [0.1, 0.15) is 0 Å². The largest absolute Gasteiger partial charge is 0.395 e. The fraction of sp³-hybridized carbons (Fsp3) is 0.688. The summed E-state index contributed by atoms with van der Waals surface area (Å²) in [5.74, 6) is 0. The zero-order chi connectivity index (χ0) is 18.8. The number of hydrogen-bond acceptors (Lipinski definition) is 7. The second-order valence-electron chi connectivity index (χ2n) is 6.80. The van der Waals surface area contributed by atoms with E-state index in [4.69, 9.17) is 5.11 Å². The third-order valence-corrected chi connectivity index (χ3v) is 4.94. The molecule has 2 aromatic heterocycles.